The van der Waals surface area contributed by atoms with Gasteiger partial charge < -0.3 is 15.1 Å². The molecule has 0 spiro atoms. The maximum Gasteiger partial charge on any atom is 0.247 e. The van der Waals surface area contributed by atoms with Crippen LogP contribution in [0.25, 0.3) is 0 Å². The van der Waals surface area contributed by atoms with Crippen molar-refractivity contribution in [1.82, 2.24) is 14.9 Å². The third-order valence-corrected chi connectivity index (χ3v) is 7.76. The quantitative estimate of drug-likeness (QED) is 0.737. The standard InChI is InChI=1S/C25H26N6O2/c26-16-25(17-2-3-17)9-13-31(23(25)33)19-6-10-27-21(14-19)29-20-5-4-18(15-28-20)24(7-8-24)22(32)30-11-1-12-30/h4-6,10,14-15,17H,1-3,7-9,11-13H2,(H,27,28,29)/t25-/m1/s1. The van der Waals surface area contributed by atoms with Crippen LogP contribution in [0.2, 0.25) is 0 Å². The van der Waals surface area contributed by atoms with E-state index in [4.69, 9.17) is 0 Å². The van der Waals surface area contributed by atoms with Gasteiger partial charge in [-0.2, -0.15) is 5.26 Å². The molecule has 0 bridgehead atoms. The lowest BCUT2D eigenvalue weighted by Gasteiger charge is -2.34. The van der Waals surface area contributed by atoms with Crippen LogP contribution in [-0.4, -0.2) is 46.3 Å². The smallest absolute Gasteiger partial charge is 0.247 e. The van der Waals surface area contributed by atoms with Gasteiger partial charge in [-0.25, -0.2) is 9.97 Å². The van der Waals surface area contributed by atoms with Gasteiger partial charge in [0.05, 0.1) is 11.5 Å². The number of amides is 2. The Morgan fingerprint density at radius 3 is 2.52 bits per heavy atom. The lowest BCUT2D eigenvalue weighted by atomic mass is 9.83. The van der Waals surface area contributed by atoms with Crippen molar-refractivity contribution in [3.63, 3.8) is 0 Å². The average molecular weight is 443 g/mol. The van der Waals surface area contributed by atoms with Crippen molar-refractivity contribution in [3.8, 4) is 6.07 Å². The zero-order valence-corrected chi connectivity index (χ0v) is 18.5. The molecule has 2 aromatic rings. The van der Waals surface area contributed by atoms with Crippen LogP contribution in [-0.2, 0) is 15.0 Å². The second-order valence-electron chi connectivity index (χ2n) is 9.75. The van der Waals surface area contributed by atoms with Gasteiger partial charge in [0, 0.05) is 43.8 Å². The number of aromatic nitrogens is 2. The van der Waals surface area contributed by atoms with Crippen molar-refractivity contribution in [3.05, 3.63) is 42.2 Å². The molecular formula is C25H26N6O2. The molecule has 0 unspecified atom stereocenters. The molecule has 4 heterocycles. The number of hydrogen-bond acceptors (Lipinski definition) is 6. The van der Waals surface area contributed by atoms with Gasteiger partial charge in [0.2, 0.25) is 11.8 Å². The molecule has 8 nitrogen and oxygen atoms in total. The molecule has 0 aromatic carbocycles. The molecule has 2 saturated heterocycles. The fourth-order valence-corrected chi connectivity index (χ4v) is 5.24. The van der Waals surface area contributed by atoms with Crippen LogP contribution in [0.15, 0.2) is 36.7 Å². The number of nitrogens with one attached hydrogen (secondary N) is 1. The van der Waals surface area contributed by atoms with Crippen LogP contribution in [0.3, 0.4) is 0 Å². The third kappa shape index (κ3) is 3.17. The van der Waals surface area contributed by atoms with Gasteiger partial charge in [-0.05, 0) is 62.1 Å². The minimum atomic E-state index is -0.861. The van der Waals surface area contributed by atoms with Crippen LogP contribution in [0, 0.1) is 22.7 Å². The van der Waals surface area contributed by atoms with Crippen LogP contribution in [0.5, 0.6) is 0 Å². The van der Waals surface area contributed by atoms with Crippen LogP contribution in [0.1, 0.15) is 44.1 Å². The highest BCUT2D eigenvalue weighted by Gasteiger charge is 2.57. The highest BCUT2D eigenvalue weighted by atomic mass is 16.2. The van der Waals surface area contributed by atoms with E-state index in [1.54, 1.807) is 23.4 Å². The van der Waals surface area contributed by atoms with E-state index in [0.29, 0.717) is 24.6 Å². The summed E-state index contributed by atoms with van der Waals surface area (Å²) in [4.78, 5) is 38.5. The van der Waals surface area contributed by atoms with E-state index >= 15 is 0 Å². The van der Waals surface area contributed by atoms with Gasteiger partial charge in [0.25, 0.3) is 0 Å². The zero-order valence-electron chi connectivity index (χ0n) is 18.5. The number of nitriles is 1. The first-order chi connectivity index (χ1) is 16.1. The van der Waals surface area contributed by atoms with E-state index in [0.717, 1.165) is 56.4 Å². The summed E-state index contributed by atoms with van der Waals surface area (Å²) in [6.45, 7) is 2.28. The molecule has 0 radical (unpaired) electrons. The number of anilines is 3. The summed E-state index contributed by atoms with van der Waals surface area (Å²) in [6.07, 6.45) is 8.82. The number of hydrogen-bond donors (Lipinski definition) is 1. The Balaban J connectivity index is 1.17. The van der Waals surface area contributed by atoms with E-state index in [9.17, 15) is 14.9 Å². The van der Waals surface area contributed by atoms with Gasteiger partial charge in [-0.15, -0.1) is 0 Å². The molecular weight excluding hydrogens is 416 g/mol. The lowest BCUT2D eigenvalue weighted by molar-refractivity contribution is -0.137. The van der Waals surface area contributed by atoms with Crippen LogP contribution >= 0.6 is 0 Å². The van der Waals surface area contributed by atoms with E-state index in [2.05, 4.69) is 21.4 Å². The van der Waals surface area contributed by atoms with Gasteiger partial charge in [-0.1, -0.05) is 6.07 Å². The second kappa shape index (κ2) is 7.27. The molecule has 2 aromatic heterocycles. The largest absolute Gasteiger partial charge is 0.342 e. The van der Waals surface area contributed by atoms with E-state index in [1.807, 2.05) is 23.1 Å². The maximum atomic E-state index is 13.1. The molecule has 2 aliphatic carbocycles. The summed E-state index contributed by atoms with van der Waals surface area (Å²) in [5.74, 6) is 1.56. The van der Waals surface area contributed by atoms with Gasteiger partial charge in [0.15, 0.2) is 0 Å². The fraction of sp³-hybridized carbons (Fsp3) is 0.480. The highest BCUT2D eigenvalue weighted by Crippen LogP contribution is 2.52. The summed E-state index contributed by atoms with van der Waals surface area (Å²) < 4.78 is 0. The Morgan fingerprint density at radius 2 is 1.91 bits per heavy atom. The Kier molecular flexibility index (Phi) is 4.44. The van der Waals surface area contributed by atoms with Crippen molar-refractivity contribution in [2.45, 2.75) is 43.9 Å². The predicted molar refractivity (Wildman–Crippen MR) is 122 cm³/mol. The molecule has 8 heteroatoms. The summed E-state index contributed by atoms with van der Waals surface area (Å²) in [5, 5.41) is 12.9. The first kappa shape index (κ1) is 20.2. The Bertz CT molecular complexity index is 1160. The normalized spacial score (nSPS) is 25.4. The minimum absolute atomic E-state index is 0.0891. The highest BCUT2D eigenvalue weighted by molar-refractivity contribution is 6.02. The predicted octanol–water partition coefficient (Wildman–Crippen LogP) is 3.14. The molecule has 6 rings (SSSR count). The van der Waals surface area contributed by atoms with Crippen LogP contribution < -0.4 is 10.2 Å². The maximum absolute atomic E-state index is 13.1. The van der Waals surface area contributed by atoms with E-state index < -0.39 is 5.41 Å². The number of likely N-dealkylation sites (tertiary alicyclic amines) is 1. The number of rotatable bonds is 6. The Hall–Kier alpha value is -3.47. The first-order valence-corrected chi connectivity index (χ1v) is 11.8. The fourth-order valence-electron chi connectivity index (χ4n) is 5.24. The number of nitrogens with zero attached hydrogens (tertiary/aromatic N) is 5. The topological polar surface area (TPSA) is 102 Å². The molecule has 2 saturated carbocycles. The summed E-state index contributed by atoms with van der Waals surface area (Å²) in [5.41, 5.74) is 0.474. The van der Waals surface area contributed by atoms with Gasteiger partial charge >= 0.3 is 0 Å². The minimum Gasteiger partial charge on any atom is -0.342 e. The van der Waals surface area contributed by atoms with Crippen molar-refractivity contribution >= 4 is 29.1 Å². The summed E-state index contributed by atoms with van der Waals surface area (Å²) in [7, 11) is 0. The summed E-state index contributed by atoms with van der Waals surface area (Å²) >= 11 is 0. The van der Waals surface area contributed by atoms with Gasteiger partial charge in [-0.3, -0.25) is 9.59 Å². The van der Waals surface area contributed by atoms with Crippen molar-refractivity contribution in [2.24, 2.45) is 11.3 Å². The van der Waals surface area contributed by atoms with E-state index in [1.165, 1.54) is 0 Å². The molecule has 2 aliphatic heterocycles. The molecule has 1 N–H and O–H groups in total. The SMILES string of the molecule is N#C[C@@]1(C2CC2)CCN(c2ccnc(Nc3ccc(C4(C(=O)N5CCC5)CC4)cn3)c2)C1=O. The average Bonchev–Trinajstić information content (AvgIpc) is 3.71. The molecule has 4 aliphatic rings. The molecule has 4 fully saturated rings. The van der Waals surface area contributed by atoms with Gasteiger partial charge in [0.1, 0.15) is 17.1 Å². The molecule has 2 amide bonds. The Labute approximate surface area is 192 Å². The Morgan fingerprint density at radius 1 is 1.09 bits per heavy atom. The second-order valence-corrected chi connectivity index (χ2v) is 9.75. The molecule has 33 heavy (non-hydrogen) atoms. The van der Waals surface area contributed by atoms with Crippen molar-refractivity contribution in [2.75, 3.05) is 29.9 Å². The van der Waals surface area contributed by atoms with Crippen LogP contribution in [0.4, 0.5) is 17.3 Å². The number of carbonyl (C=O) groups is 2. The first-order valence-electron chi connectivity index (χ1n) is 11.8. The number of pyridine rings is 2. The third-order valence-electron chi connectivity index (χ3n) is 7.76. The number of carbonyl (C=O) groups excluding carboxylic acids is 2. The summed E-state index contributed by atoms with van der Waals surface area (Å²) in [6, 6.07) is 9.81. The monoisotopic (exact) mass is 442 g/mol. The zero-order chi connectivity index (χ0) is 22.6. The molecule has 168 valence electrons. The lowest BCUT2D eigenvalue weighted by Crippen LogP contribution is -2.47. The van der Waals surface area contributed by atoms with Crippen molar-refractivity contribution in [1.29, 1.82) is 5.26 Å². The molecule has 1 atom stereocenters. The van der Waals surface area contributed by atoms with E-state index in [-0.39, 0.29) is 23.1 Å². The van der Waals surface area contributed by atoms with Crippen molar-refractivity contribution < 1.29 is 9.59 Å².